The number of aromatic amines is 2. The number of sulfonamides is 1. The van der Waals surface area contributed by atoms with Gasteiger partial charge in [-0.3, -0.25) is 30.1 Å². The van der Waals surface area contributed by atoms with Crippen LogP contribution in [0.5, 0.6) is 0 Å². The summed E-state index contributed by atoms with van der Waals surface area (Å²) in [4.78, 5) is 38.2. The Morgan fingerprint density at radius 2 is 1.69 bits per heavy atom. The van der Waals surface area contributed by atoms with Crippen molar-refractivity contribution in [1.82, 2.24) is 15.4 Å². The summed E-state index contributed by atoms with van der Waals surface area (Å²) in [5, 5.41) is 0. The van der Waals surface area contributed by atoms with Gasteiger partial charge in [-0.25, -0.2) is 13.2 Å². The Balaban J connectivity index is 1.69. The summed E-state index contributed by atoms with van der Waals surface area (Å²) in [5.74, 6) is -0.417. The number of nitrogens with one attached hydrogen (secondary N) is 5. The molecule has 0 aliphatic heterocycles. The molecule has 0 aliphatic carbocycles. The average Bonchev–Trinajstić information content (AvgIpc) is 2.67. The highest BCUT2D eigenvalue weighted by Gasteiger charge is 2.19. The highest BCUT2D eigenvalue weighted by atomic mass is 32.2. The molecule has 0 unspecified atom stereocenters. The Hall–Kier alpha value is -3.86. The maximum absolute atomic E-state index is 12.3. The van der Waals surface area contributed by atoms with Crippen molar-refractivity contribution in [3.63, 3.8) is 0 Å². The number of hydrazine groups is 1. The summed E-state index contributed by atoms with van der Waals surface area (Å²) < 4.78 is 26.8. The molecule has 5 N–H and O–H groups in total. The lowest BCUT2D eigenvalue weighted by molar-refractivity contribution is 0.0962. The summed E-state index contributed by atoms with van der Waals surface area (Å²) in [6, 6.07) is 13.0. The van der Waals surface area contributed by atoms with E-state index < -0.39 is 32.1 Å². The Morgan fingerprint density at radius 3 is 2.34 bits per heavy atom. The molecule has 3 rings (SSSR count). The van der Waals surface area contributed by atoms with Crippen molar-refractivity contribution in [1.29, 1.82) is 0 Å². The van der Waals surface area contributed by atoms with Gasteiger partial charge in [0.2, 0.25) is 0 Å². The summed E-state index contributed by atoms with van der Waals surface area (Å²) in [7, 11) is -4.22. The number of aryl methyl sites for hydroxylation is 1. The Kier molecular flexibility index (Phi) is 5.50. The first kappa shape index (κ1) is 19.9. The second-order valence-corrected chi connectivity index (χ2v) is 7.66. The van der Waals surface area contributed by atoms with E-state index in [1.165, 1.54) is 24.3 Å². The van der Waals surface area contributed by atoms with Crippen LogP contribution in [0.15, 0.2) is 69.2 Å². The highest BCUT2D eigenvalue weighted by Crippen LogP contribution is 2.15. The lowest BCUT2D eigenvalue weighted by Crippen LogP contribution is -2.30. The fourth-order valence-electron chi connectivity index (χ4n) is 2.41. The number of rotatable bonds is 6. The second-order valence-electron chi connectivity index (χ2n) is 6.01. The number of amides is 1. The van der Waals surface area contributed by atoms with Crippen LogP contribution in [0.1, 0.15) is 15.9 Å². The molecule has 0 saturated heterocycles. The van der Waals surface area contributed by atoms with Crippen molar-refractivity contribution in [3.8, 4) is 0 Å². The Morgan fingerprint density at radius 1 is 1.00 bits per heavy atom. The van der Waals surface area contributed by atoms with Gasteiger partial charge >= 0.3 is 5.69 Å². The molecule has 0 aliphatic rings. The van der Waals surface area contributed by atoms with Crippen molar-refractivity contribution in [2.45, 2.75) is 11.8 Å². The molecular formula is C18H17N5O5S. The zero-order valence-corrected chi connectivity index (χ0v) is 16.0. The third-order valence-electron chi connectivity index (χ3n) is 3.93. The molecule has 0 saturated carbocycles. The summed E-state index contributed by atoms with van der Waals surface area (Å²) in [6.07, 6.45) is 0.808. The molecule has 0 atom stereocenters. The van der Waals surface area contributed by atoms with Crippen LogP contribution in [-0.4, -0.2) is 24.3 Å². The van der Waals surface area contributed by atoms with E-state index in [9.17, 15) is 22.8 Å². The number of carbonyl (C=O) groups excluding carboxylic acids is 1. The van der Waals surface area contributed by atoms with E-state index in [1.807, 2.05) is 36.2 Å². The van der Waals surface area contributed by atoms with E-state index in [2.05, 4.69) is 20.6 Å². The zero-order chi connectivity index (χ0) is 21.0. The first-order valence-electron chi connectivity index (χ1n) is 8.33. The fourth-order valence-corrected chi connectivity index (χ4v) is 3.47. The molecule has 1 aromatic heterocycles. The van der Waals surface area contributed by atoms with Crippen molar-refractivity contribution in [2.75, 3.05) is 10.1 Å². The molecule has 0 fully saturated rings. The second kappa shape index (κ2) is 8.02. The first-order chi connectivity index (χ1) is 13.8. The van der Waals surface area contributed by atoms with Crippen molar-refractivity contribution < 1.29 is 13.2 Å². The molecule has 0 spiro atoms. The number of H-pyrrole nitrogens is 2. The number of aromatic nitrogens is 2. The van der Waals surface area contributed by atoms with Gasteiger partial charge in [0.1, 0.15) is 0 Å². The van der Waals surface area contributed by atoms with Crippen LogP contribution in [0.25, 0.3) is 0 Å². The number of anilines is 2. The standard InChI is InChI=1S/C18H17N5O5S/c1-11-4-2-3-5-14(11)21-22-16(24)12-6-8-13(9-7-12)23-29(27,28)15-10-19-18(26)20-17(15)25/h2-10,21,23H,1H3,(H,22,24)(H2,19,20,25,26). The Bertz CT molecular complexity index is 1260. The predicted octanol–water partition coefficient (Wildman–Crippen LogP) is 0.929. The lowest BCUT2D eigenvalue weighted by atomic mass is 10.2. The molecule has 1 amide bonds. The van der Waals surface area contributed by atoms with Crippen LogP contribution < -0.4 is 26.8 Å². The predicted molar refractivity (Wildman–Crippen MR) is 107 cm³/mol. The first-order valence-corrected chi connectivity index (χ1v) is 9.81. The van der Waals surface area contributed by atoms with Gasteiger partial charge in [0.05, 0.1) is 5.69 Å². The third kappa shape index (κ3) is 4.71. The van der Waals surface area contributed by atoms with Gasteiger partial charge in [-0.1, -0.05) is 18.2 Å². The number of carbonyl (C=O) groups is 1. The largest absolute Gasteiger partial charge is 0.325 e. The van der Waals surface area contributed by atoms with E-state index in [1.54, 1.807) is 0 Å². The minimum absolute atomic E-state index is 0.138. The molecule has 11 heteroatoms. The molecule has 10 nitrogen and oxygen atoms in total. The number of hydrogen-bond acceptors (Lipinski definition) is 6. The minimum atomic E-state index is -4.22. The van der Waals surface area contributed by atoms with E-state index in [0.29, 0.717) is 0 Å². The third-order valence-corrected chi connectivity index (χ3v) is 5.32. The van der Waals surface area contributed by atoms with Crippen LogP contribution >= 0.6 is 0 Å². The smallest absolute Gasteiger partial charge is 0.313 e. The summed E-state index contributed by atoms with van der Waals surface area (Å²) in [6.45, 7) is 1.89. The quantitative estimate of drug-likeness (QED) is 0.378. The molecule has 1 heterocycles. The molecule has 29 heavy (non-hydrogen) atoms. The van der Waals surface area contributed by atoms with Gasteiger partial charge in [0, 0.05) is 17.4 Å². The summed E-state index contributed by atoms with van der Waals surface area (Å²) >= 11 is 0. The average molecular weight is 415 g/mol. The van der Waals surface area contributed by atoms with E-state index in [0.717, 1.165) is 17.4 Å². The van der Waals surface area contributed by atoms with Crippen LogP contribution in [-0.2, 0) is 10.0 Å². The van der Waals surface area contributed by atoms with Gasteiger partial charge in [-0.15, -0.1) is 0 Å². The lowest BCUT2D eigenvalue weighted by Gasteiger charge is -2.11. The zero-order valence-electron chi connectivity index (χ0n) is 15.1. The summed E-state index contributed by atoms with van der Waals surface area (Å²) in [5.41, 5.74) is 5.64. The molecular weight excluding hydrogens is 398 g/mol. The molecule has 150 valence electrons. The van der Waals surface area contributed by atoms with Crippen molar-refractivity contribution in [3.05, 3.63) is 86.7 Å². The number of benzene rings is 2. The van der Waals surface area contributed by atoms with Gasteiger partial charge < -0.3 is 4.98 Å². The number of hydrogen-bond donors (Lipinski definition) is 5. The molecule has 3 aromatic rings. The minimum Gasteiger partial charge on any atom is -0.313 e. The normalized spacial score (nSPS) is 10.9. The van der Waals surface area contributed by atoms with Gasteiger partial charge in [0.15, 0.2) is 4.90 Å². The SMILES string of the molecule is Cc1ccccc1NNC(=O)c1ccc(NS(=O)(=O)c2c[nH]c(=O)[nH]c2=O)cc1. The van der Waals surface area contributed by atoms with Crippen LogP contribution in [0.2, 0.25) is 0 Å². The molecule has 0 radical (unpaired) electrons. The van der Waals surface area contributed by atoms with Crippen LogP contribution in [0, 0.1) is 6.92 Å². The van der Waals surface area contributed by atoms with E-state index in [-0.39, 0.29) is 11.3 Å². The topological polar surface area (TPSA) is 153 Å². The number of para-hydroxylation sites is 1. The van der Waals surface area contributed by atoms with Gasteiger partial charge in [0.25, 0.3) is 21.5 Å². The van der Waals surface area contributed by atoms with Gasteiger partial charge in [-0.2, -0.15) is 0 Å². The molecule has 0 bridgehead atoms. The Labute approximate surface area is 165 Å². The van der Waals surface area contributed by atoms with Gasteiger partial charge in [-0.05, 0) is 42.8 Å². The van der Waals surface area contributed by atoms with Crippen molar-refractivity contribution in [2.24, 2.45) is 0 Å². The molecule has 2 aromatic carbocycles. The van der Waals surface area contributed by atoms with E-state index >= 15 is 0 Å². The monoisotopic (exact) mass is 415 g/mol. The fraction of sp³-hybridized carbons (Fsp3) is 0.0556. The van der Waals surface area contributed by atoms with Crippen LogP contribution in [0.3, 0.4) is 0 Å². The highest BCUT2D eigenvalue weighted by molar-refractivity contribution is 7.92. The maximum Gasteiger partial charge on any atom is 0.325 e. The van der Waals surface area contributed by atoms with Crippen LogP contribution in [0.4, 0.5) is 11.4 Å². The maximum atomic E-state index is 12.3. The van der Waals surface area contributed by atoms with E-state index in [4.69, 9.17) is 0 Å². The van der Waals surface area contributed by atoms with Crippen molar-refractivity contribution >= 4 is 27.3 Å².